The third-order valence-corrected chi connectivity index (χ3v) is 4.25. The molecule has 1 aliphatic heterocycles. The van der Waals surface area contributed by atoms with Crippen LogP contribution in [0.1, 0.15) is 23.2 Å². The van der Waals surface area contributed by atoms with E-state index in [0.29, 0.717) is 24.8 Å². The van der Waals surface area contributed by atoms with Crippen molar-refractivity contribution in [1.82, 2.24) is 20.2 Å². The van der Waals surface area contributed by atoms with Crippen LogP contribution in [0.3, 0.4) is 0 Å². The Balaban J connectivity index is 0.00000156. The second-order valence-electron chi connectivity index (χ2n) is 5.73. The Morgan fingerprint density at radius 2 is 1.96 bits per heavy atom. The number of carbonyl (C=O) groups is 1. The normalized spacial score (nSPS) is 16.5. The Kier molecular flexibility index (Phi) is 8.09. The van der Waals surface area contributed by atoms with E-state index >= 15 is 0 Å². The molecule has 1 amide bonds. The number of carbonyl (C=O) groups excluding carboxylic acids is 1. The maximum atomic E-state index is 12.6. The fourth-order valence-electron chi connectivity index (χ4n) is 2.91. The maximum absolute atomic E-state index is 12.6. The molecule has 136 valence electrons. The number of amides is 1. The zero-order chi connectivity index (χ0) is 16.2. The van der Waals surface area contributed by atoms with Gasteiger partial charge in [-0.15, -0.1) is 24.8 Å². The lowest BCUT2D eigenvalue weighted by Crippen LogP contribution is -2.47. The standard InChI is InChI=1S/C17H20N4O2.2ClH/c1-18-13-3-2-10-21(11-13)17(23)14-4-5-15(20-16(14)22)12-6-8-19-9-7-12;;/h4-9,13,18H,2-3,10-11H2,1H3,(H,20,22);2*1H. The lowest BCUT2D eigenvalue weighted by Gasteiger charge is -2.32. The molecule has 1 saturated heterocycles. The first-order valence-electron chi connectivity index (χ1n) is 7.79. The number of halogens is 2. The topological polar surface area (TPSA) is 78.1 Å². The summed E-state index contributed by atoms with van der Waals surface area (Å²) in [6.07, 6.45) is 5.33. The van der Waals surface area contributed by atoms with Gasteiger partial charge in [-0.2, -0.15) is 0 Å². The summed E-state index contributed by atoms with van der Waals surface area (Å²) in [7, 11) is 1.90. The molecule has 0 saturated carbocycles. The van der Waals surface area contributed by atoms with Crippen molar-refractivity contribution in [3.63, 3.8) is 0 Å². The zero-order valence-corrected chi connectivity index (χ0v) is 15.5. The molecule has 0 spiro atoms. The Labute approximate surface area is 158 Å². The summed E-state index contributed by atoms with van der Waals surface area (Å²) < 4.78 is 0. The number of piperidine rings is 1. The minimum absolute atomic E-state index is 0. The molecule has 1 fully saturated rings. The molecular formula is C17H22Cl2N4O2. The molecule has 3 heterocycles. The van der Waals surface area contributed by atoms with Crippen LogP contribution in [0, 0.1) is 0 Å². The van der Waals surface area contributed by atoms with Gasteiger partial charge in [-0.3, -0.25) is 14.6 Å². The first-order chi connectivity index (χ1) is 11.2. The number of likely N-dealkylation sites (tertiary alicyclic amines) is 1. The van der Waals surface area contributed by atoms with Gasteiger partial charge in [-0.05, 0) is 44.2 Å². The van der Waals surface area contributed by atoms with E-state index in [1.165, 1.54) is 0 Å². The quantitative estimate of drug-likeness (QED) is 0.849. The SMILES string of the molecule is CNC1CCCN(C(=O)c2ccc(-c3ccncc3)[nH]c2=O)C1.Cl.Cl. The fourth-order valence-corrected chi connectivity index (χ4v) is 2.91. The molecular weight excluding hydrogens is 363 g/mol. The van der Waals surface area contributed by atoms with E-state index in [2.05, 4.69) is 15.3 Å². The molecule has 0 aromatic carbocycles. The summed E-state index contributed by atoms with van der Waals surface area (Å²) in [6, 6.07) is 7.30. The molecule has 3 rings (SSSR count). The number of hydrogen-bond donors (Lipinski definition) is 2. The first kappa shape index (κ1) is 21.2. The molecule has 0 radical (unpaired) electrons. The van der Waals surface area contributed by atoms with Gasteiger partial charge in [0.1, 0.15) is 5.56 Å². The van der Waals surface area contributed by atoms with Crippen molar-refractivity contribution in [3.8, 4) is 11.3 Å². The maximum Gasteiger partial charge on any atom is 0.261 e. The predicted octanol–water partition coefficient (Wildman–Crippen LogP) is 2.10. The number of aromatic nitrogens is 2. The van der Waals surface area contributed by atoms with Gasteiger partial charge in [0.15, 0.2) is 0 Å². The molecule has 1 unspecified atom stereocenters. The van der Waals surface area contributed by atoms with E-state index in [4.69, 9.17) is 0 Å². The van der Waals surface area contributed by atoms with Crippen LogP contribution in [0.15, 0.2) is 41.5 Å². The Morgan fingerprint density at radius 1 is 1.24 bits per heavy atom. The van der Waals surface area contributed by atoms with Crippen molar-refractivity contribution >= 4 is 30.7 Å². The van der Waals surface area contributed by atoms with E-state index in [1.54, 1.807) is 29.4 Å². The molecule has 0 aliphatic carbocycles. The number of nitrogens with zero attached hydrogens (tertiary/aromatic N) is 2. The highest BCUT2D eigenvalue weighted by Crippen LogP contribution is 2.16. The second kappa shape index (κ2) is 9.56. The third kappa shape index (κ3) is 4.81. The van der Waals surface area contributed by atoms with Gasteiger partial charge in [0.2, 0.25) is 0 Å². The largest absolute Gasteiger partial charge is 0.337 e. The van der Waals surface area contributed by atoms with Crippen molar-refractivity contribution in [2.45, 2.75) is 18.9 Å². The summed E-state index contributed by atoms with van der Waals surface area (Å²) in [5.74, 6) is -0.201. The van der Waals surface area contributed by atoms with E-state index in [0.717, 1.165) is 18.4 Å². The number of pyridine rings is 2. The van der Waals surface area contributed by atoms with Crippen LogP contribution in [0.4, 0.5) is 0 Å². The number of likely N-dealkylation sites (N-methyl/N-ethyl adjacent to an activating group) is 1. The van der Waals surface area contributed by atoms with Gasteiger partial charge < -0.3 is 15.2 Å². The van der Waals surface area contributed by atoms with Crippen LogP contribution in [0.2, 0.25) is 0 Å². The highest BCUT2D eigenvalue weighted by atomic mass is 35.5. The monoisotopic (exact) mass is 384 g/mol. The zero-order valence-electron chi connectivity index (χ0n) is 13.9. The molecule has 2 aromatic rings. The van der Waals surface area contributed by atoms with Gasteiger partial charge in [0, 0.05) is 42.8 Å². The summed E-state index contributed by atoms with van der Waals surface area (Å²) in [4.78, 5) is 33.4. The number of H-pyrrole nitrogens is 1. The van der Waals surface area contributed by atoms with Gasteiger partial charge >= 0.3 is 0 Å². The third-order valence-electron chi connectivity index (χ3n) is 4.25. The number of nitrogens with one attached hydrogen (secondary N) is 2. The van der Waals surface area contributed by atoms with Crippen molar-refractivity contribution in [2.24, 2.45) is 0 Å². The highest BCUT2D eigenvalue weighted by molar-refractivity contribution is 5.94. The molecule has 8 heteroatoms. The smallest absolute Gasteiger partial charge is 0.261 e. The molecule has 1 atom stereocenters. The van der Waals surface area contributed by atoms with Gasteiger partial charge in [0.25, 0.3) is 11.5 Å². The van der Waals surface area contributed by atoms with Crippen LogP contribution in [-0.4, -0.2) is 47.0 Å². The molecule has 25 heavy (non-hydrogen) atoms. The first-order valence-corrected chi connectivity index (χ1v) is 7.79. The fraction of sp³-hybridized carbons (Fsp3) is 0.353. The minimum atomic E-state index is -0.351. The molecule has 0 bridgehead atoms. The Morgan fingerprint density at radius 3 is 2.60 bits per heavy atom. The van der Waals surface area contributed by atoms with Crippen molar-refractivity contribution in [2.75, 3.05) is 20.1 Å². The summed E-state index contributed by atoms with van der Waals surface area (Å²) in [5, 5.41) is 3.20. The Bertz CT molecular complexity index is 752. The van der Waals surface area contributed by atoms with E-state index in [-0.39, 0.29) is 41.8 Å². The van der Waals surface area contributed by atoms with Crippen LogP contribution in [0.25, 0.3) is 11.3 Å². The van der Waals surface area contributed by atoms with Crippen molar-refractivity contribution < 1.29 is 4.79 Å². The number of hydrogen-bond acceptors (Lipinski definition) is 4. The number of aromatic amines is 1. The van der Waals surface area contributed by atoms with Crippen LogP contribution in [0.5, 0.6) is 0 Å². The van der Waals surface area contributed by atoms with Crippen molar-refractivity contribution in [3.05, 3.63) is 52.6 Å². The van der Waals surface area contributed by atoms with E-state index in [9.17, 15) is 9.59 Å². The van der Waals surface area contributed by atoms with E-state index in [1.807, 2.05) is 19.2 Å². The van der Waals surface area contributed by atoms with Gasteiger partial charge in [0.05, 0.1) is 0 Å². The average Bonchev–Trinajstić information content (AvgIpc) is 2.62. The predicted molar refractivity (Wildman–Crippen MR) is 103 cm³/mol. The average molecular weight is 385 g/mol. The highest BCUT2D eigenvalue weighted by Gasteiger charge is 2.25. The van der Waals surface area contributed by atoms with Gasteiger partial charge in [-0.1, -0.05) is 0 Å². The van der Waals surface area contributed by atoms with Crippen LogP contribution < -0.4 is 10.9 Å². The summed E-state index contributed by atoms with van der Waals surface area (Å²) in [6.45, 7) is 1.34. The lowest BCUT2D eigenvalue weighted by atomic mass is 10.0. The van der Waals surface area contributed by atoms with E-state index < -0.39 is 0 Å². The minimum Gasteiger partial charge on any atom is -0.337 e. The summed E-state index contributed by atoms with van der Waals surface area (Å²) >= 11 is 0. The van der Waals surface area contributed by atoms with Crippen LogP contribution in [-0.2, 0) is 0 Å². The Hall–Kier alpha value is -1.89. The molecule has 1 aliphatic rings. The van der Waals surface area contributed by atoms with Crippen LogP contribution >= 0.6 is 24.8 Å². The van der Waals surface area contributed by atoms with Gasteiger partial charge in [-0.25, -0.2) is 0 Å². The molecule has 2 aromatic heterocycles. The molecule has 2 N–H and O–H groups in total. The second-order valence-corrected chi connectivity index (χ2v) is 5.73. The lowest BCUT2D eigenvalue weighted by molar-refractivity contribution is 0.0696. The summed E-state index contributed by atoms with van der Waals surface area (Å²) in [5.41, 5.74) is 1.39. The number of rotatable bonds is 3. The van der Waals surface area contributed by atoms with Crippen molar-refractivity contribution in [1.29, 1.82) is 0 Å². The molecule has 6 nitrogen and oxygen atoms in total.